The van der Waals surface area contributed by atoms with Gasteiger partial charge < -0.3 is 25.0 Å². The third-order valence-corrected chi connectivity index (χ3v) is 14.7. The Morgan fingerprint density at radius 3 is 2.42 bits per heavy atom. The predicted octanol–water partition coefficient (Wildman–Crippen LogP) is 5.52. The average Bonchev–Trinajstić information content (AvgIpc) is 3.78. The molecule has 3 aliphatic carbocycles. The Morgan fingerprint density at radius 2 is 1.79 bits per heavy atom. The highest BCUT2D eigenvalue weighted by Gasteiger charge is 2.63. The lowest BCUT2D eigenvalue weighted by molar-refractivity contribution is -0.143. The molecule has 1 aliphatic heterocycles. The van der Waals surface area contributed by atoms with Crippen LogP contribution in [0, 0.1) is 11.3 Å². The molecular formula is C42H51N5O8S2. The molecular weight excluding hydrogens is 767 g/mol. The summed E-state index contributed by atoms with van der Waals surface area (Å²) in [7, 11) is -4.14. The molecule has 0 bridgehead atoms. The molecule has 57 heavy (non-hydrogen) atoms. The number of carbonyl (C=O) groups is 4. The minimum Gasteiger partial charge on any atom is -0.488 e. The van der Waals surface area contributed by atoms with E-state index in [1.807, 2.05) is 68.6 Å². The number of carbonyl (C=O) groups excluding carboxylic acids is 4. The van der Waals surface area contributed by atoms with Gasteiger partial charge in [0.2, 0.25) is 21.8 Å². The Bertz CT molecular complexity index is 2090. The highest BCUT2D eigenvalue weighted by molar-refractivity contribution is 7.91. The van der Waals surface area contributed by atoms with Gasteiger partial charge in [0.25, 0.3) is 5.91 Å². The second-order valence-corrected chi connectivity index (χ2v) is 19.9. The molecule has 4 aliphatic rings. The smallest absolute Gasteiger partial charge is 0.408 e. The molecule has 304 valence electrons. The molecule has 7 rings (SSSR count). The standard InChI is InChI=1S/C42H51N5O8S2/c1-5-28-25-42(28,38(50)46-57(52,53)41(18-19-41)24-27-12-7-6-8-13-27)45-36(48)33-23-31(54-30-17-20-43-32(22-30)34-16-11-21-56-34)26-47(33)37(49)35(40(2,3)4)44-39(51)55-29-14-9-10-15-29/h5-8,11-13,16-17,20-22,28-29,31,33,35H,1,9-10,14-15,18-19,23-26H2,2-4H3,(H,44,51)(H,45,48)(H,46,50)/t28-,31?,33+,35?,42-/m1/s1. The van der Waals surface area contributed by atoms with Crippen LogP contribution in [0.3, 0.4) is 0 Å². The molecule has 15 heteroatoms. The molecule has 4 amide bonds. The quantitative estimate of drug-likeness (QED) is 0.177. The van der Waals surface area contributed by atoms with E-state index < -0.39 is 73.6 Å². The Hall–Kier alpha value is -4.76. The number of ether oxygens (including phenoxy) is 2. The maximum Gasteiger partial charge on any atom is 0.408 e. The van der Waals surface area contributed by atoms with Gasteiger partial charge in [-0.15, -0.1) is 17.9 Å². The van der Waals surface area contributed by atoms with Gasteiger partial charge in [-0.1, -0.05) is 63.2 Å². The van der Waals surface area contributed by atoms with Crippen LogP contribution in [0.25, 0.3) is 10.6 Å². The van der Waals surface area contributed by atoms with Gasteiger partial charge >= 0.3 is 6.09 Å². The van der Waals surface area contributed by atoms with Gasteiger partial charge in [0, 0.05) is 24.6 Å². The van der Waals surface area contributed by atoms with Gasteiger partial charge in [0.15, 0.2) is 0 Å². The fraction of sp³-hybridized carbons (Fsp3) is 0.500. The van der Waals surface area contributed by atoms with E-state index in [0.717, 1.165) is 36.1 Å². The number of thiophene rings is 1. The maximum atomic E-state index is 14.6. The zero-order chi connectivity index (χ0) is 40.6. The van der Waals surface area contributed by atoms with Crippen molar-refractivity contribution in [2.24, 2.45) is 11.3 Å². The number of hydrogen-bond donors (Lipinski definition) is 3. The summed E-state index contributed by atoms with van der Waals surface area (Å²) in [4.78, 5) is 63.1. The third-order valence-electron chi connectivity index (χ3n) is 11.6. The van der Waals surface area contributed by atoms with Crippen molar-refractivity contribution in [2.75, 3.05) is 6.54 Å². The fourth-order valence-electron chi connectivity index (χ4n) is 8.04. The van der Waals surface area contributed by atoms with Crippen LogP contribution >= 0.6 is 11.3 Å². The first-order valence-corrected chi connectivity index (χ1v) is 22.0. The van der Waals surface area contributed by atoms with E-state index in [1.165, 1.54) is 22.3 Å². The third kappa shape index (κ3) is 8.74. The number of rotatable bonds is 14. The number of hydrogen-bond acceptors (Lipinski definition) is 10. The van der Waals surface area contributed by atoms with E-state index in [9.17, 15) is 27.6 Å². The lowest BCUT2D eigenvalue weighted by atomic mass is 9.85. The minimum absolute atomic E-state index is 0.0000205. The summed E-state index contributed by atoms with van der Waals surface area (Å²) in [6.07, 6.45) is 6.28. The van der Waals surface area contributed by atoms with Crippen LogP contribution in [0.4, 0.5) is 4.79 Å². The topological polar surface area (TPSA) is 173 Å². The SMILES string of the molecule is C=C[C@@H]1C[C@]1(NC(=O)[C@@H]1CC(Oc2ccnc(-c3cccs3)c2)CN1C(=O)C(NC(=O)OC1CCCC1)C(C)(C)C)C(=O)NS(=O)(=O)C1(Cc2ccccc2)CC1. The number of benzene rings is 1. The molecule has 2 unspecified atom stereocenters. The number of alkyl carbamates (subject to hydrolysis) is 1. The Balaban J connectivity index is 1.12. The van der Waals surface area contributed by atoms with Crippen LogP contribution in [-0.4, -0.2) is 83.2 Å². The largest absolute Gasteiger partial charge is 0.488 e. The molecule has 0 radical (unpaired) electrons. The van der Waals surface area contributed by atoms with Crippen LogP contribution in [0.15, 0.2) is 78.8 Å². The van der Waals surface area contributed by atoms with Crippen molar-refractivity contribution in [1.29, 1.82) is 0 Å². The summed E-state index contributed by atoms with van der Waals surface area (Å²) in [5.41, 5.74) is -0.816. The molecule has 3 heterocycles. The van der Waals surface area contributed by atoms with Crippen molar-refractivity contribution in [3.63, 3.8) is 0 Å². The lowest BCUT2D eigenvalue weighted by Crippen LogP contribution is -2.60. The summed E-state index contributed by atoms with van der Waals surface area (Å²) < 4.78 is 40.8. The number of amides is 4. The van der Waals surface area contributed by atoms with Gasteiger partial charge in [0.1, 0.15) is 35.6 Å². The first-order valence-electron chi connectivity index (χ1n) is 19.6. The molecule has 3 N–H and O–H groups in total. The molecule has 1 saturated heterocycles. The summed E-state index contributed by atoms with van der Waals surface area (Å²) in [5.74, 6) is -2.05. The molecule has 3 saturated carbocycles. The normalized spacial score (nSPS) is 24.5. The molecule has 13 nitrogen and oxygen atoms in total. The number of aromatic nitrogens is 1. The lowest BCUT2D eigenvalue weighted by Gasteiger charge is -2.35. The van der Waals surface area contributed by atoms with E-state index in [1.54, 1.807) is 18.3 Å². The van der Waals surface area contributed by atoms with Crippen molar-refractivity contribution in [3.8, 4) is 16.3 Å². The zero-order valence-electron chi connectivity index (χ0n) is 32.6. The van der Waals surface area contributed by atoms with Crippen molar-refractivity contribution in [3.05, 3.63) is 84.4 Å². The van der Waals surface area contributed by atoms with Gasteiger partial charge in [-0.3, -0.25) is 24.1 Å². The molecule has 0 spiro atoms. The second-order valence-electron chi connectivity index (χ2n) is 16.9. The van der Waals surface area contributed by atoms with E-state index in [4.69, 9.17) is 9.47 Å². The highest BCUT2D eigenvalue weighted by atomic mass is 32.2. The minimum atomic E-state index is -4.14. The number of sulfonamides is 1. The summed E-state index contributed by atoms with van der Waals surface area (Å²) in [6.45, 7) is 9.29. The van der Waals surface area contributed by atoms with Crippen molar-refractivity contribution in [1.82, 2.24) is 25.2 Å². The Kier molecular flexibility index (Phi) is 11.3. The van der Waals surface area contributed by atoms with Crippen molar-refractivity contribution >= 4 is 45.2 Å². The fourth-order valence-corrected chi connectivity index (χ4v) is 10.4. The number of likely N-dealkylation sites (tertiary alicyclic amines) is 1. The molecule has 1 aromatic carbocycles. The monoisotopic (exact) mass is 817 g/mol. The molecule has 3 aromatic rings. The van der Waals surface area contributed by atoms with Crippen LogP contribution < -0.4 is 20.1 Å². The van der Waals surface area contributed by atoms with Crippen LogP contribution in [-0.2, 0) is 35.6 Å². The van der Waals surface area contributed by atoms with E-state index >= 15 is 0 Å². The van der Waals surface area contributed by atoms with E-state index in [2.05, 4.69) is 26.9 Å². The summed E-state index contributed by atoms with van der Waals surface area (Å²) in [5, 5.41) is 7.60. The molecule has 4 fully saturated rings. The first-order chi connectivity index (χ1) is 27.1. The number of pyridine rings is 1. The van der Waals surface area contributed by atoms with Crippen LogP contribution in [0.1, 0.15) is 77.7 Å². The van der Waals surface area contributed by atoms with Gasteiger partial charge in [0.05, 0.1) is 21.9 Å². The van der Waals surface area contributed by atoms with Gasteiger partial charge in [-0.2, -0.15) is 0 Å². The van der Waals surface area contributed by atoms with Gasteiger partial charge in [-0.25, -0.2) is 13.2 Å². The first kappa shape index (κ1) is 40.4. The van der Waals surface area contributed by atoms with Crippen molar-refractivity contribution in [2.45, 2.75) is 113 Å². The number of nitrogens with one attached hydrogen (secondary N) is 3. The van der Waals surface area contributed by atoms with Gasteiger partial charge in [-0.05, 0) is 79.9 Å². The highest BCUT2D eigenvalue weighted by Crippen LogP contribution is 2.48. The summed E-state index contributed by atoms with van der Waals surface area (Å²) >= 11 is 1.53. The second kappa shape index (κ2) is 15.9. The van der Waals surface area contributed by atoms with E-state index in [-0.39, 0.29) is 31.9 Å². The van der Waals surface area contributed by atoms with Crippen LogP contribution in [0.2, 0.25) is 0 Å². The average molecular weight is 818 g/mol. The number of nitrogens with zero attached hydrogens (tertiary/aromatic N) is 2. The molecule has 5 atom stereocenters. The van der Waals surface area contributed by atoms with E-state index in [0.29, 0.717) is 24.3 Å². The van der Waals surface area contributed by atoms with Crippen molar-refractivity contribution < 1.29 is 37.1 Å². The van der Waals surface area contributed by atoms with Crippen LogP contribution in [0.5, 0.6) is 5.75 Å². The molecule has 2 aromatic heterocycles. The zero-order valence-corrected chi connectivity index (χ0v) is 34.2. The Morgan fingerprint density at radius 1 is 1.05 bits per heavy atom. The Labute approximate surface area is 338 Å². The maximum absolute atomic E-state index is 14.6. The predicted molar refractivity (Wildman–Crippen MR) is 216 cm³/mol. The summed E-state index contributed by atoms with van der Waals surface area (Å²) in [6, 6.07) is 14.4.